The lowest BCUT2D eigenvalue weighted by Crippen LogP contribution is -2.17. The second kappa shape index (κ2) is 4.72. The Morgan fingerprint density at radius 1 is 1.40 bits per heavy atom. The minimum Gasteiger partial charge on any atom is -0.326 e. The van der Waals surface area contributed by atoms with Crippen molar-refractivity contribution in [3.05, 3.63) is 29.8 Å². The van der Waals surface area contributed by atoms with E-state index in [0.29, 0.717) is 5.56 Å². The summed E-state index contributed by atoms with van der Waals surface area (Å²) in [6.45, 7) is 1.36. The monoisotopic (exact) mass is 231 g/mol. The molecule has 3 nitrogen and oxygen atoms in total. The highest BCUT2D eigenvalue weighted by atomic mass is 32.2. The average molecular weight is 231 g/mol. The van der Waals surface area contributed by atoms with Gasteiger partial charge in [-0.1, -0.05) is 18.2 Å². The summed E-state index contributed by atoms with van der Waals surface area (Å²) in [5.74, 6) is -0.496. The molecule has 0 aliphatic heterocycles. The number of sulfone groups is 1. The molecule has 0 spiro atoms. The van der Waals surface area contributed by atoms with E-state index in [4.69, 9.17) is 5.73 Å². The van der Waals surface area contributed by atoms with Crippen LogP contribution in [0.25, 0.3) is 0 Å². The summed E-state index contributed by atoms with van der Waals surface area (Å²) in [5.41, 5.74) is 5.95. The minimum atomic E-state index is -3.56. The van der Waals surface area contributed by atoms with E-state index in [1.807, 2.05) is 0 Å². The lowest BCUT2D eigenvalue weighted by molar-refractivity contribution is 0.391. The molecule has 0 amide bonds. The summed E-state index contributed by atoms with van der Waals surface area (Å²) >= 11 is 0. The molecule has 0 bridgehead atoms. The van der Waals surface area contributed by atoms with Gasteiger partial charge in [0.05, 0.1) is 10.6 Å². The molecular formula is C10H14FNO2S. The number of benzene rings is 1. The third-order valence-electron chi connectivity index (χ3n) is 1.98. The predicted octanol–water partition coefficient (Wildman–Crippen LogP) is 1.28. The molecule has 0 radical (unpaired) electrons. The summed E-state index contributed by atoms with van der Waals surface area (Å²) in [6.07, 6.45) is -1.37. The van der Waals surface area contributed by atoms with E-state index in [0.717, 1.165) is 0 Å². The molecular weight excluding hydrogens is 217 g/mol. The van der Waals surface area contributed by atoms with Gasteiger partial charge in [-0.15, -0.1) is 0 Å². The van der Waals surface area contributed by atoms with Gasteiger partial charge in [-0.3, -0.25) is 0 Å². The number of rotatable bonds is 4. The number of nitrogens with two attached hydrogens (primary N) is 1. The highest BCUT2D eigenvalue weighted by Gasteiger charge is 2.20. The summed E-state index contributed by atoms with van der Waals surface area (Å²) < 4.78 is 36.2. The number of hydrogen-bond acceptors (Lipinski definition) is 3. The van der Waals surface area contributed by atoms with E-state index in [9.17, 15) is 12.8 Å². The normalized spacial score (nSPS) is 13.8. The molecule has 0 fully saturated rings. The third kappa shape index (κ3) is 3.00. The van der Waals surface area contributed by atoms with Gasteiger partial charge in [0.25, 0.3) is 0 Å². The molecule has 0 aliphatic rings. The van der Waals surface area contributed by atoms with Crippen LogP contribution >= 0.6 is 0 Å². The van der Waals surface area contributed by atoms with Crippen molar-refractivity contribution in [1.82, 2.24) is 0 Å². The molecule has 0 heterocycles. The van der Waals surface area contributed by atoms with Gasteiger partial charge in [0.15, 0.2) is 9.84 Å². The first-order valence-corrected chi connectivity index (χ1v) is 6.27. The Kier molecular flexibility index (Phi) is 3.82. The molecule has 2 N–H and O–H groups in total. The molecule has 15 heavy (non-hydrogen) atoms. The summed E-state index contributed by atoms with van der Waals surface area (Å²) in [4.78, 5) is 0.136. The van der Waals surface area contributed by atoms with Crippen molar-refractivity contribution in [3.63, 3.8) is 0 Å². The maximum atomic E-state index is 12.7. The zero-order chi connectivity index (χ0) is 11.5. The van der Waals surface area contributed by atoms with Gasteiger partial charge in [0.1, 0.15) is 6.17 Å². The fraction of sp³-hybridized carbons (Fsp3) is 0.400. The summed E-state index contributed by atoms with van der Waals surface area (Å²) in [7, 11) is -3.56. The van der Waals surface area contributed by atoms with Crippen LogP contribution in [0.2, 0.25) is 0 Å². The zero-order valence-corrected chi connectivity index (χ0v) is 9.30. The Morgan fingerprint density at radius 3 is 2.53 bits per heavy atom. The molecule has 1 unspecified atom stereocenters. The van der Waals surface area contributed by atoms with Crippen molar-refractivity contribution in [2.45, 2.75) is 24.5 Å². The van der Waals surface area contributed by atoms with Gasteiger partial charge in [-0.25, -0.2) is 12.8 Å². The van der Waals surface area contributed by atoms with Crippen LogP contribution in [0.15, 0.2) is 29.2 Å². The van der Waals surface area contributed by atoms with Crippen LogP contribution in [0, 0.1) is 0 Å². The van der Waals surface area contributed by atoms with Crippen molar-refractivity contribution in [1.29, 1.82) is 0 Å². The van der Waals surface area contributed by atoms with Gasteiger partial charge < -0.3 is 5.73 Å². The quantitative estimate of drug-likeness (QED) is 0.849. The topological polar surface area (TPSA) is 60.2 Å². The van der Waals surface area contributed by atoms with Crippen LogP contribution < -0.4 is 5.73 Å². The van der Waals surface area contributed by atoms with Crippen molar-refractivity contribution >= 4 is 9.84 Å². The molecule has 84 valence electrons. The van der Waals surface area contributed by atoms with Crippen molar-refractivity contribution in [2.75, 3.05) is 5.75 Å². The maximum absolute atomic E-state index is 12.7. The van der Waals surface area contributed by atoms with E-state index >= 15 is 0 Å². The average Bonchev–Trinajstić information content (AvgIpc) is 2.16. The molecule has 0 saturated heterocycles. The summed E-state index contributed by atoms with van der Waals surface area (Å²) in [6, 6.07) is 6.41. The highest BCUT2D eigenvalue weighted by Crippen LogP contribution is 2.17. The van der Waals surface area contributed by atoms with Gasteiger partial charge in [0, 0.05) is 6.54 Å². The van der Waals surface area contributed by atoms with Crippen LogP contribution in [-0.4, -0.2) is 20.3 Å². The highest BCUT2D eigenvalue weighted by molar-refractivity contribution is 7.91. The standard InChI is InChI=1S/C10H14FNO2S/c1-8(11)7-15(13,14)10-5-3-2-4-9(10)6-12/h2-5,8H,6-7,12H2,1H3. The van der Waals surface area contributed by atoms with Crippen LogP contribution in [-0.2, 0) is 16.4 Å². The Morgan fingerprint density at radius 2 is 2.00 bits per heavy atom. The van der Waals surface area contributed by atoms with Crippen molar-refractivity contribution in [3.8, 4) is 0 Å². The Balaban J connectivity index is 3.15. The Labute approximate surface area is 89.0 Å². The molecule has 0 aliphatic carbocycles. The van der Waals surface area contributed by atoms with Crippen LogP contribution in [0.5, 0.6) is 0 Å². The zero-order valence-electron chi connectivity index (χ0n) is 8.48. The number of halogens is 1. The lowest BCUT2D eigenvalue weighted by Gasteiger charge is -2.09. The molecule has 0 saturated carbocycles. The van der Waals surface area contributed by atoms with Crippen molar-refractivity contribution in [2.24, 2.45) is 5.73 Å². The van der Waals surface area contributed by atoms with Gasteiger partial charge in [-0.2, -0.15) is 0 Å². The minimum absolute atomic E-state index is 0.135. The molecule has 1 atom stereocenters. The van der Waals surface area contributed by atoms with Crippen molar-refractivity contribution < 1.29 is 12.8 Å². The van der Waals surface area contributed by atoms with Crippen LogP contribution in [0.4, 0.5) is 4.39 Å². The van der Waals surface area contributed by atoms with E-state index in [1.165, 1.54) is 13.0 Å². The molecule has 1 rings (SSSR count). The summed E-state index contributed by atoms with van der Waals surface area (Å²) in [5, 5.41) is 0. The number of hydrogen-bond donors (Lipinski definition) is 1. The largest absolute Gasteiger partial charge is 0.326 e. The first-order chi connectivity index (χ1) is 6.97. The Bertz CT molecular complexity index is 429. The molecule has 0 aromatic heterocycles. The van der Waals surface area contributed by atoms with Gasteiger partial charge >= 0.3 is 0 Å². The van der Waals surface area contributed by atoms with E-state index in [2.05, 4.69) is 0 Å². The molecule has 1 aromatic rings. The first kappa shape index (κ1) is 12.1. The van der Waals surface area contributed by atoms with E-state index in [1.54, 1.807) is 18.2 Å². The number of alkyl halides is 1. The predicted molar refractivity (Wildman–Crippen MR) is 57.0 cm³/mol. The molecule has 1 aromatic carbocycles. The molecule has 5 heteroatoms. The van der Waals surface area contributed by atoms with E-state index < -0.39 is 21.8 Å². The smallest absolute Gasteiger partial charge is 0.181 e. The second-order valence-corrected chi connectivity index (χ2v) is 5.38. The fourth-order valence-electron chi connectivity index (χ4n) is 1.37. The fourth-order valence-corrected chi connectivity index (χ4v) is 2.99. The Hall–Kier alpha value is -0.940. The first-order valence-electron chi connectivity index (χ1n) is 4.62. The second-order valence-electron chi connectivity index (χ2n) is 3.37. The third-order valence-corrected chi connectivity index (χ3v) is 3.94. The van der Waals surface area contributed by atoms with E-state index in [-0.39, 0.29) is 11.4 Å². The van der Waals surface area contributed by atoms with Gasteiger partial charge in [-0.05, 0) is 18.6 Å². The van der Waals surface area contributed by atoms with Crippen LogP contribution in [0.1, 0.15) is 12.5 Å². The SMILES string of the molecule is CC(F)CS(=O)(=O)c1ccccc1CN. The van der Waals surface area contributed by atoms with Crippen LogP contribution in [0.3, 0.4) is 0 Å². The maximum Gasteiger partial charge on any atom is 0.181 e. The lowest BCUT2D eigenvalue weighted by atomic mass is 10.2. The van der Waals surface area contributed by atoms with Gasteiger partial charge in [0.2, 0.25) is 0 Å².